The minimum atomic E-state index is 0.292. The van der Waals surface area contributed by atoms with E-state index in [4.69, 9.17) is 5.73 Å². The van der Waals surface area contributed by atoms with E-state index < -0.39 is 0 Å². The fourth-order valence-electron chi connectivity index (χ4n) is 1.62. The first-order valence-corrected chi connectivity index (χ1v) is 5.23. The predicted molar refractivity (Wildman–Crippen MR) is 63.1 cm³/mol. The van der Waals surface area contributed by atoms with Crippen LogP contribution in [-0.4, -0.2) is 6.04 Å². The molecule has 0 fully saturated rings. The molecule has 0 spiro atoms. The van der Waals surface area contributed by atoms with Gasteiger partial charge in [-0.25, -0.2) is 0 Å². The predicted octanol–water partition coefficient (Wildman–Crippen LogP) is 3.00. The third-order valence-electron chi connectivity index (χ3n) is 2.34. The molecule has 1 rings (SSSR count). The topological polar surface area (TPSA) is 26.0 Å². The van der Waals surface area contributed by atoms with Crippen molar-refractivity contribution in [3.8, 4) is 0 Å². The summed E-state index contributed by atoms with van der Waals surface area (Å²) in [6, 6.07) is 8.69. The van der Waals surface area contributed by atoms with E-state index in [-0.39, 0.29) is 0 Å². The highest BCUT2D eigenvalue weighted by atomic mass is 14.6. The fraction of sp³-hybridized carbons (Fsp3) is 0.385. The zero-order valence-electron chi connectivity index (χ0n) is 8.87. The summed E-state index contributed by atoms with van der Waals surface area (Å²) in [5.41, 5.74) is 8.46. The van der Waals surface area contributed by atoms with Crippen molar-refractivity contribution in [1.82, 2.24) is 0 Å². The summed E-state index contributed by atoms with van der Waals surface area (Å²) < 4.78 is 0. The van der Waals surface area contributed by atoms with Crippen LogP contribution in [0, 0.1) is 0 Å². The van der Waals surface area contributed by atoms with Crippen molar-refractivity contribution in [3.63, 3.8) is 0 Å². The summed E-state index contributed by atoms with van der Waals surface area (Å²) in [5.74, 6) is 0. The van der Waals surface area contributed by atoms with Gasteiger partial charge in [0, 0.05) is 6.04 Å². The maximum atomic E-state index is 5.98. The van der Waals surface area contributed by atoms with E-state index >= 15 is 0 Å². The number of nitrogens with two attached hydrogens (primary N) is 1. The van der Waals surface area contributed by atoms with Gasteiger partial charge in [-0.1, -0.05) is 50.3 Å². The van der Waals surface area contributed by atoms with Crippen molar-refractivity contribution in [3.05, 3.63) is 42.0 Å². The molecule has 0 aromatic heterocycles. The Morgan fingerprint density at radius 3 is 2.93 bits per heavy atom. The molecular formula is C13H19N. The highest BCUT2D eigenvalue weighted by molar-refractivity contribution is 5.47. The van der Waals surface area contributed by atoms with Crippen LogP contribution in [0.5, 0.6) is 0 Å². The molecule has 1 aromatic rings. The Morgan fingerprint density at radius 1 is 1.50 bits per heavy atom. The van der Waals surface area contributed by atoms with E-state index in [2.05, 4.69) is 37.8 Å². The second-order valence-corrected chi connectivity index (χ2v) is 3.70. The monoisotopic (exact) mass is 189 g/mol. The second kappa shape index (κ2) is 5.61. The van der Waals surface area contributed by atoms with Crippen molar-refractivity contribution in [2.75, 3.05) is 0 Å². The standard InChI is InChI=1S/C13H19N/c1-3-6-13(14)10-12-8-5-7-11(4-2)9-12/h4-5,7-9,13H,2-3,6,10,14H2,1H3. The Hall–Kier alpha value is -1.08. The number of hydrogen-bond donors (Lipinski definition) is 1. The summed E-state index contributed by atoms with van der Waals surface area (Å²) in [4.78, 5) is 0. The lowest BCUT2D eigenvalue weighted by Crippen LogP contribution is -2.22. The molecule has 0 aliphatic heterocycles. The average Bonchev–Trinajstić information content (AvgIpc) is 2.18. The molecule has 1 nitrogen and oxygen atoms in total. The highest BCUT2D eigenvalue weighted by Crippen LogP contribution is 2.09. The molecule has 0 heterocycles. The Morgan fingerprint density at radius 2 is 2.29 bits per heavy atom. The van der Waals surface area contributed by atoms with Crippen molar-refractivity contribution in [2.24, 2.45) is 5.73 Å². The number of rotatable bonds is 5. The maximum Gasteiger partial charge on any atom is 0.00792 e. The normalized spacial score (nSPS) is 12.4. The lowest BCUT2D eigenvalue weighted by Gasteiger charge is -2.10. The molecule has 0 bridgehead atoms. The molecule has 14 heavy (non-hydrogen) atoms. The lowest BCUT2D eigenvalue weighted by molar-refractivity contribution is 0.600. The van der Waals surface area contributed by atoms with Crippen LogP contribution in [0.4, 0.5) is 0 Å². The first-order valence-electron chi connectivity index (χ1n) is 5.23. The van der Waals surface area contributed by atoms with Crippen molar-refractivity contribution in [1.29, 1.82) is 0 Å². The zero-order valence-corrected chi connectivity index (χ0v) is 8.87. The molecule has 2 N–H and O–H groups in total. The van der Waals surface area contributed by atoms with Gasteiger partial charge >= 0.3 is 0 Å². The fourth-order valence-corrected chi connectivity index (χ4v) is 1.62. The molecule has 0 amide bonds. The first-order chi connectivity index (χ1) is 6.76. The van der Waals surface area contributed by atoms with Gasteiger partial charge in [0.05, 0.1) is 0 Å². The van der Waals surface area contributed by atoms with E-state index in [1.54, 1.807) is 0 Å². The lowest BCUT2D eigenvalue weighted by atomic mass is 10.0. The third-order valence-corrected chi connectivity index (χ3v) is 2.34. The number of benzene rings is 1. The van der Waals surface area contributed by atoms with Gasteiger partial charge in [0.2, 0.25) is 0 Å². The van der Waals surface area contributed by atoms with Gasteiger partial charge in [-0.2, -0.15) is 0 Å². The van der Waals surface area contributed by atoms with Crippen LogP contribution < -0.4 is 5.73 Å². The molecule has 1 atom stereocenters. The van der Waals surface area contributed by atoms with Gasteiger partial charge in [0.1, 0.15) is 0 Å². The molecule has 0 aliphatic carbocycles. The zero-order chi connectivity index (χ0) is 10.4. The molecule has 0 saturated carbocycles. The van der Waals surface area contributed by atoms with E-state index in [9.17, 15) is 0 Å². The summed E-state index contributed by atoms with van der Waals surface area (Å²) in [6.45, 7) is 5.92. The molecule has 0 aliphatic rings. The summed E-state index contributed by atoms with van der Waals surface area (Å²) >= 11 is 0. The molecule has 1 unspecified atom stereocenters. The van der Waals surface area contributed by atoms with E-state index in [1.165, 1.54) is 11.1 Å². The molecule has 76 valence electrons. The molecule has 0 radical (unpaired) electrons. The van der Waals surface area contributed by atoms with Crippen LogP contribution >= 0.6 is 0 Å². The van der Waals surface area contributed by atoms with Gasteiger partial charge in [-0.15, -0.1) is 0 Å². The minimum Gasteiger partial charge on any atom is -0.327 e. The Kier molecular flexibility index (Phi) is 4.41. The van der Waals surface area contributed by atoms with Gasteiger partial charge in [0.15, 0.2) is 0 Å². The van der Waals surface area contributed by atoms with Crippen LogP contribution in [0.3, 0.4) is 0 Å². The van der Waals surface area contributed by atoms with Crippen LogP contribution in [0.15, 0.2) is 30.8 Å². The second-order valence-electron chi connectivity index (χ2n) is 3.70. The minimum absolute atomic E-state index is 0.292. The number of hydrogen-bond acceptors (Lipinski definition) is 1. The first kappa shape index (κ1) is 11.0. The van der Waals surface area contributed by atoms with Gasteiger partial charge in [0.25, 0.3) is 0 Å². The quantitative estimate of drug-likeness (QED) is 0.757. The molecule has 1 heteroatoms. The maximum absolute atomic E-state index is 5.98. The van der Waals surface area contributed by atoms with E-state index in [0.717, 1.165) is 19.3 Å². The largest absolute Gasteiger partial charge is 0.327 e. The summed E-state index contributed by atoms with van der Waals surface area (Å²) in [5, 5.41) is 0. The molecule has 1 aromatic carbocycles. The smallest absolute Gasteiger partial charge is 0.00792 e. The third kappa shape index (κ3) is 3.35. The van der Waals surface area contributed by atoms with Crippen molar-refractivity contribution < 1.29 is 0 Å². The average molecular weight is 189 g/mol. The molecule has 0 saturated heterocycles. The van der Waals surface area contributed by atoms with Crippen LogP contribution in [0.25, 0.3) is 6.08 Å². The van der Waals surface area contributed by atoms with Crippen LogP contribution in [0.2, 0.25) is 0 Å². The van der Waals surface area contributed by atoms with Crippen molar-refractivity contribution in [2.45, 2.75) is 32.2 Å². The van der Waals surface area contributed by atoms with E-state index in [1.807, 2.05) is 6.08 Å². The SMILES string of the molecule is C=Cc1cccc(CC(N)CCC)c1. The van der Waals surface area contributed by atoms with Crippen LogP contribution in [-0.2, 0) is 6.42 Å². The molecular weight excluding hydrogens is 170 g/mol. The Labute approximate surface area is 86.6 Å². The summed E-state index contributed by atoms with van der Waals surface area (Å²) in [7, 11) is 0. The summed E-state index contributed by atoms with van der Waals surface area (Å²) in [6.07, 6.45) is 5.09. The Bertz CT molecular complexity index is 291. The van der Waals surface area contributed by atoms with Gasteiger partial charge in [-0.05, 0) is 24.0 Å². The van der Waals surface area contributed by atoms with Crippen LogP contribution in [0.1, 0.15) is 30.9 Å². The van der Waals surface area contributed by atoms with Gasteiger partial charge < -0.3 is 5.73 Å². The Balaban J connectivity index is 2.61. The van der Waals surface area contributed by atoms with Crippen molar-refractivity contribution >= 4 is 6.08 Å². The highest BCUT2D eigenvalue weighted by Gasteiger charge is 2.02. The van der Waals surface area contributed by atoms with E-state index in [0.29, 0.717) is 6.04 Å². The van der Waals surface area contributed by atoms with Gasteiger partial charge in [-0.3, -0.25) is 0 Å².